The number of aryl methyl sites for hydroxylation is 1. The minimum absolute atomic E-state index is 0.480. The second-order valence-corrected chi connectivity index (χ2v) is 6.74. The number of anilines is 4. The highest BCUT2D eigenvalue weighted by Crippen LogP contribution is 2.34. The second-order valence-electron chi connectivity index (χ2n) is 5.95. The van der Waals surface area contributed by atoms with E-state index in [-0.39, 0.29) is 0 Å². The van der Waals surface area contributed by atoms with Crippen molar-refractivity contribution in [3.8, 4) is 0 Å². The summed E-state index contributed by atoms with van der Waals surface area (Å²) in [6, 6.07) is 15.7. The summed E-state index contributed by atoms with van der Waals surface area (Å²) in [5, 5.41) is 4.23. The lowest BCUT2D eigenvalue weighted by Crippen LogP contribution is -2.17. The van der Waals surface area contributed by atoms with Crippen LogP contribution in [0.3, 0.4) is 0 Å². The van der Waals surface area contributed by atoms with Crippen LogP contribution >= 0.6 is 23.2 Å². The maximum atomic E-state index is 6.27. The van der Waals surface area contributed by atoms with Gasteiger partial charge in [0.05, 0.1) is 15.7 Å². The van der Waals surface area contributed by atoms with Gasteiger partial charge in [-0.2, -0.15) is 4.98 Å². The predicted molar refractivity (Wildman–Crippen MR) is 104 cm³/mol. The van der Waals surface area contributed by atoms with Crippen LogP contribution in [0.1, 0.15) is 11.3 Å². The highest BCUT2D eigenvalue weighted by Gasteiger charge is 2.22. The third kappa shape index (κ3) is 3.15. The Morgan fingerprint density at radius 2 is 1.88 bits per heavy atom. The number of aromatic nitrogens is 2. The first-order valence-electron chi connectivity index (χ1n) is 8.04. The molecule has 126 valence electrons. The van der Waals surface area contributed by atoms with E-state index in [1.807, 2.05) is 31.2 Å². The number of benzene rings is 2. The van der Waals surface area contributed by atoms with Gasteiger partial charge in [-0.25, -0.2) is 4.98 Å². The molecule has 4 nitrogen and oxygen atoms in total. The highest BCUT2D eigenvalue weighted by atomic mass is 35.5. The van der Waals surface area contributed by atoms with Crippen molar-refractivity contribution in [2.24, 2.45) is 0 Å². The van der Waals surface area contributed by atoms with Crippen LogP contribution in [0.5, 0.6) is 0 Å². The Kier molecular flexibility index (Phi) is 4.24. The van der Waals surface area contributed by atoms with Crippen LogP contribution in [-0.2, 0) is 6.42 Å². The molecule has 0 spiro atoms. The molecule has 1 N–H and O–H groups in total. The number of hydrogen-bond acceptors (Lipinski definition) is 4. The molecule has 0 aliphatic carbocycles. The molecule has 0 bridgehead atoms. The van der Waals surface area contributed by atoms with Crippen LogP contribution in [0.2, 0.25) is 10.0 Å². The third-order valence-electron chi connectivity index (χ3n) is 4.19. The quantitative estimate of drug-likeness (QED) is 0.657. The summed E-state index contributed by atoms with van der Waals surface area (Å²) < 4.78 is 0. The number of halogens is 2. The van der Waals surface area contributed by atoms with Crippen molar-refractivity contribution < 1.29 is 0 Å². The molecule has 0 amide bonds. The van der Waals surface area contributed by atoms with Gasteiger partial charge < -0.3 is 10.2 Å². The number of rotatable bonds is 3. The number of fused-ring (bicyclic) bond motifs is 1. The van der Waals surface area contributed by atoms with Crippen molar-refractivity contribution in [3.63, 3.8) is 0 Å². The topological polar surface area (TPSA) is 41.1 Å². The Hall–Kier alpha value is -2.30. The fraction of sp³-hybridized carbons (Fsp3) is 0.158. The molecule has 6 heteroatoms. The van der Waals surface area contributed by atoms with Gasteiger partial charge in [0.2, 0.25) is 5.95 Å². The molecule has 1 aliphatic rings. The van der Waals surface area contributed by atoms with Gasteiger partial charge in [0.15, 0.2) is 0 Å². The van der Waals surface area contributed by atoms with Gasteiger partial charge in [0.25, 0.3) is 0 Å². The third-order valence-corrected chi connectivity index (χ3v) is 5.00. The zero-order chi connectivity index (χ0) is 17.4. The van der Waals surface area contributed by atoms with Gasteiger partial charge >= 0.3 is 0 Å². The lowest BCUT2D eigenvalue weighted by molar-refractivity contribution is 0.931. The Balaban J connectivity index is 1.69. The van der Waals surface area contributed by atoms with Gasteiger partial charge in [-0.15, -0.1) is 0 Å². The maximum Gasteiger partial charge on any atom is 0.232 e. The van der Waals surface area contributed by atoms with Crippen molar-refractivity contribution in [2.45, 2.75) is 13.3 Å². The molecule has 0 saturated heterocycles. The van der Waals surface area contributed by atoms with Crippen molar-refractivity contribution >= 4 is 46.3 Å². The monoisotopic (exact) mass is 370 g/mol. The fourth-order valence-corrected chi connectivity index (χ4v) is 3.37. The van der Waals surface area contributed by atoms with Crippen LogP contribution < -0.4 is 10.2 Å². The Morgan fingerprint density at radius 3 is 2.76 bits per heavy atom. The van der Waals surface area contributed by atoms with E-state index in [0.29, 0.717) is 21.8 Å². The number of para-hydroxylation sites is 1. The fourth-order valence-electron chi connectivity index (χ4n) is 3.02. The Labute approximate surface area is 156 Å². The molecule has 0 radical (unpaired) electrons. The molecular weight excluding hydrogens is 355 g/mol. The molecular formula is C19H16Cl2N4. The van der Waals surface area contributed by atoms with E-state index in [1.165, 1.54) is 11.3 Å². The SMILES string of the molecule is Cc1cc(Nc2cccc(Cl)c2Cl)nc(N2CCc3ccccc32)n1. The smallest absolute Gasteiger partial charge is 0.232 e. The van der Waals surface area contributed by atoms with E-state index < -0.39 is 0 Å². The zero-order valence-electron chi connectivity index (χ0n) is 13.6. The normalized spacial score (nSPS) is 13.0. The standard InChI is InChI=1S/C19H16Cl2N4/c1-12-11-17(23-15-7-4-6-14(20)18(15)21)24-19(22-12)25-10-9-13-5-2-3-8-16(13)25/h2-8,11H,9-10H2,1H3,(H,22,23,24). The number of hydrogen-bond donors (Lipinski definition) is 1. The minimum atomic E-state index is 0.480. The second kappa shape index (κ2) is 6.54. The van der Waals surface area contributed by atoms with E-state index in [9.17, 15) is 0 Å². The molecule has 2 heterocycles. The predicted octanol–water partition coefficient (Wildman–Crippen LogP) is 5.53. The molecule has 0 saturated carbocycles. The van der Waals surface area contributed by atoms with Gasteiger partial charge in [-0.3, -0.25) is 0 Å². The first-order valence-corrected chi connectivity index (χ1v) is 8.79. The average Bonchev–Trinajstić information content (AvgIpc) is 3.03. The summed E-state index contributed by atoms with van der Waals surface area (Å²) in [6.45, 7) is 2.83. The summed E-state index contributed by atoms with van der Waals surface area (Å²) in [7, 11) is 0. The van der Waals surface area contributed by atoms with E-state index in [0.717, 1.165) is 24.3 Å². The number of nitrogens with one attached hydrogen (secondary N) is 1. The summed E-state index contributed by atoms with van der Waals surface area (Å²) in [5.41, 5.74) is 4.09. The maximum absolute atomic E-state index is 6.27. The highest BCUT2D eigenvalue weighted by molar-refractivity contribution is 6.43. The van der Waals surface area contributed by atoms with Crippen LogP contribution in [0, 0.1) is 6.92 Å². The van der Waals surface area contributed by atoms with Crippen molar-refractivity contribution in [2.75, 3.05) is 16.8 Å². The summed E-state index contributed by atoms with van der Waals surface area (Å²) in [5.74, 6) is 1.38. The first kappa shape index (κ1) is 16.2. The molecule has 25 heavy (non-hydrogen) atoms. The van der Waals surface area contributed by atoms with Gasteiger partial charge in [0.1, 0.15) is 5.82 Å². The lowest BCUT2D eigenvalue weighted by Gasteiger charge is -2.19. The van der Waals surface area contributed by atoms with Gasteiger partial charge in [-0.05, 0) is 37.1 Å². The van der Waals surface area contributed by atoms with Gasteiger partial charge in [0, 0.05) is 24.0 Å². The first-order chi connectivity index (χ1) is 12.1. The number of nitrogens with zero attached hydrogens (tertiary/aromatic N) is 3. The van der Waals surface area contributed by atoms with Crippen molar-refractivity contribution in [1.82, 2.24) is 9.97 Å². The minimum Gasteiger partial charge on any atom is -0.339 e. The average molecular weight is 371 g/mol. The molecule has 0 atom stereocenters. The van der Waals surface area contributed by atoms with Crippen molar-refractivity contribution in [1.29, 1.82) is 0 Å². The van der Waals surface area contributed by atoms with Crippen LogP contribution in [0.4, 0.5) is 23.1 Å². The van der Waals surface area contributed by atoms with Crippen LogP contribution in [-0.4, -0.2) is 16.5 Å². The van der Waals surface area contributed by atoms with E-state index >= 15 is 0 Å². The summed E-state index contributed by atoms with van der Waals surface area (Å²) in [4.78, 5) is 11.4. The van der Waals surface area contributed by atoms with Crippen molar-refractivity contribution in [3.05, 3.63) is 69.8 Å². The Bertz CT molecular complexity index is 942. The zero-order valence-corrected chi connectivity index (χ0v) is 15.1. The molecule has 3 aromatic rings. The summed E-state index contributed by atoms with van der Waals surface area (Å²) in [6.07, 6.45) is 0.996. The van der Waals surface area contributed by atoms with E-state index in [2.05, 4.69) is 38.4 Å². The van der Waals surface area contributed by atoms with Crippen LogP contribution in [0.15, 0.2) is 48.5 Å². The van der Waals surface area contributed by atoms with Crippen LogP contribution in [0.25, 0.3) is 0 Å². The molecule has 1 aromatic heterocycles. The molecule has 0 fully saturated rings. The molecule has 4 rings (SSSR count). The Morgan fingerprint density at radius 1 is 1.04 bits per heavy atom. The van der Waals surface area contributed by atoms with Gasteiger partial charge in [-0.1, -0.05) is 47.5 Å². The molecule has 0 unspecified atom stereocenters. The summed E-state index contributed by atoms with van der Waals surface area (Å²) >= 11 is 12.4. The molecule has 1 aliphatic heterocycles. The lowest BCUT2D eigenvalue weighted by atomic mass is 10.2. The largest absolute Gasteiger partial charge is 0.339 e. The molecule has 2 aromatic carbocycles. The van der Waals surface area contributed by atoms with E-state index in [1.54, 1.807) is 6.07 Å². The van der Waals surface area contributed by atoms with E-state index in [4.69, 9.17) is 23.2 Å².